The van der Waals surface area contributed by atoms with Crippen molar-refractivity contribution < 1.29 is 13.2 Å². The Morgan fingerprint density at radius 3 is 2.60 bits per heavy atom. The van der Waals surface area contributed by atoms with Gasteiger partial charge in [0.2, 0.25) is 5.91 Å². The smallest absolute Gasteiger partial charge is 0.237 e. The molecule has 1 saturated carbocycles. The van der Waals surface area contributed by atoms with Crippen molar-refractivity contribution in [2.45, 2.75) is 57.2 Å². The average molecular weight is 325 g/mol. The summed E-state index contributed by atoms with van der Waals surface area (Å²) in [5.74, 6) is 0.568. The molecule has 0 aromatic rings. The van der Waals surface area contributed by atoms with E-state index in [2.05, 4.69) is 10.6 Å². The largest absolute Gasteiger partial charge is 0.351 e. The zero-order valence-corrected chi connectivity index (χ0v) is 13.7. The molecule has 4 atom stereocenters. The lowest BCUT2D eigenvalue weighted by Gasteiger charge is -2.24. The summed E-state index contributed by atoms with van der Waals surface area (Å²) in [4.78, 5) is 12.1. The highest BCUT2D eigenvalue weighted by Gasteiger charge is 2.38. The first-order chi connectivity index (χ1) is 8.85. The first-order valence-electron chi connectivity index (χ1n) is 7.09. The molecule has 2 aliphatic rings. The van der Waals surface area contributed by atoms with Crippen LogP contribution >= 0.6 is 12.4 Å². The number of rotatable bonds is 4. The Morgan fingerprint density at radius 1 is 1.35 bits per heavy atom. The normalized spacial score (nSPS) is 31.0. The number of halogens is 1. The molecular weight excluding hydrogens is 300 g/mol. The van der Waals surface area contributed by atoms with Crippen molar-refractivity contribution in [2.24, 2.45) is 5.92 Å². The van der Waals surface area contributed by atoms with Crippen molar-refractivity contribution in [1.29, 1.82) is 0 Å². The van der Waals surface area contributed by atoms with Gasteiger partial charge in [-0.15, -0.1) is 12.4 Å². The van der Waals surface area contributed by atoms with E-state index in [9.17, 15) is 13.2 Å². The molecule has 2 fully saturated rings. The standard InChI is InChI=1S/C13H24N2O3S.ClH/c1-9(8-19(2,17)18)14-13(16)12-7-10-5-3-4-6-11(10)15-12;/h9-12,15H,3-8H2,1-2H3,(H,14,16);1H. The number of hydrogen-bond donors (Lipinski definition) is 2. The van der Waals surface area contributed by atoms with Crippen LogP contribution in [0.5, 0.6) is 0 Å². The zero-order valence-electron chi connectivity index (χ0n) is 12.1. The first kappa shape index (κ1) is 17.7. The maximum Gasteiger partial charge on any atom is 0.237 e. The molecule has 1 amide bonds. The van der Waals surface area contributed by atoms with Crippen LogP contribution in [0.3, 0.4) is 0 Å². The number of amides is 1. The third kappa shape index (κ3) is 4.90. The Morgan fingerprint density at radius 2 is 2.00 bits per heavy atom. The predicted molar refractivity (Wildman–Crippen MR) is 81.9 cm³/mol. The van der Waals surface area contributed by atoms with E-state index in [4.69, 9.17) is 0 Å². The van der Waals surface area contributed by atoms with Gasteiger partial charge in [0.15, 0.2) is 0 Å². The molecule has 0 radical (unpaired) electrons. The zero-order chi connectivity index (χ0) is 14.0. The number of sulfone groups is 1. The molecular formula is C13H25ClN2O3S. The van der Waals surface area contributed by atoms with E-state index < -0.39 is 9.84 Å². The highest BCUT2D eigenvalue weighted by molar-refractivity contribution is 7.90. The van der Waals surface area contributed by atoms with Crippen LogP contribution < -0.4 is 10.6 Å². The molecule has 2 rings (SSSR count). The van der Waals surface area contributed by atoms with Crippen LogP contribution in [0.2, 0.25) is 0 Å². The Bertz CT molecular complexity index is 427. The minimum Gasteiger partial charge on any atom is -0.351 e. The predicted octanol–water partition coefficient (Wildman–Crippen LogP) is 0.878. The van der Waals surface area contributed by atoms with Gasteiger partial charge in [-0.3, -0.25) is 4.79 Å². The van der Waals surface area contributed by atoms with Gasteiger partial charge in [0, 0.05) is 18.3 Å². The number of carbonyl (C=O) groups excluding carboxylic acids is 1. The summed E-state index contributed by atoms with van der Waals surface area (Å²) in [5.41, 5.74) is 0. The third-order valence-electron chi connectivity index (χ3n) is 4.12. The SMILES string of the molecule is CC(CS(C)(=O)=O)NC(=O)C1CC2CCCCC2N1.Cl. The highest BCUT2D eigenvalue weighted by atomic mass is 35.5. The van der Waals surface area contributed by atoms with E-state index in [-0.39, 0.29) is 36.2 Å². The van der Waals surface area contributed by atoms with Gasteiger partial charge in [-0.1, -0.05) is 12.8 Å². The molecule has 0 spiro atoms. The van der Waals surface area contributed by atoms with Gasteiger partial charge in [-0.05, 0) is 32.1 Å². The summed E-state index contributed by atoms with van der Waals surface area (Å²) >= 11 is 0. The minimum atomic E-state index is -3.05. The quantitative estimate of drug-likeness (QED) is 0.805. The van der Waals surface area contributed by atoms with Crippen molar-refractivity contribution in [3.05, 3.63) is 0 Å². The van der Waals surface area contributed by atoms with E-state index in [0.29, 0.717) is 12.0 Å². The van der Waals surface area contributed by atoms with E-state index in [0.717, 1.165) is 12.8 Å². The Balaban J connectivity index is 0.00000200. The maximum atomic E-state index is 12.1. The molecule has 0 aromatic heterocycles. The number of fused-ring (bicyclic) bond motifs is 1. The summed E-state index contributed by atoms with van der Waals surface area (Å²) < 4.78 is 22.4. The van der Waals surface area contributed by atoms with E-state index in [1.165, 1.54) is 25.5 Å². The summed E-state index contributed by atoms with van der Waals surface area (Å²) in [6, 6.07) is 0.0109. The summed E-state index contributed by atoms with van der Waals surface area (Å²) in [6.07, 6.45) is 6.96. The number of nitrogens with one attached hydrogen (secondary N) is 2. The van der Waals surface area contributed by atoms with Crippen LogP contribution in [0, 0.1) is 5.92 Å². The Hall–Kier alpha value is -0.330. The maximum absolute atomic E-state index is 12.1. The van der Waals surface area contributed by atoms with E-state index >= 15 is 0 Å². The van der Waals surface area contributed by atoms with Gasteiger partial charge in [0.05, 0.1) is 11.8 Å². The van der Waals surface area contributed by atoms with Gasteiger partial charge in [0.25, 0.3) is 0 Å². The Kier molecular flexibility index (Phi) is 6.28. The van der Waals surface area contributed by atoms with Gasteiger partial charge in [-0.2, -0.15) is 0 Å². The second-order valence-corrected chi connectivity index (χ2v) is 8.29. The molecule has 0 aromatic carbocycles. The van der Waals surface area contributed by atoms with E-state index in [1.54, 1.807) is 6.92 Å². The average Bonchev–Trinajstić information content (AvgIpc) is 2.69. The van der Waals surface area contributed by atoms with Crippen molar-refractivity contribution >= 4 is 28.2 Å². The van der Waals surface area contributed by atoms with Crippen LogP contribution in [-0.2, 0) is 14.6 Å². The molecule has 7 heteroatoms. The number of carbonyl (C=O) groups is 1. The van der Waals surface area contributed by atoms with Gasteiger partial charge in [0.1, 0.15) is 9.84 Å². The van der Waals surface area contributed by atoms with Crippen molar-refractivity contribution in [2.75, 3.05) is 12.0 Å². The molecule has 4 unspecified atom stereocenters. The molecule has 1 heterocycles. The van der Waals surface area contributed by atoms with Crippen LogP contribution in [0.4, 0.5) is 0 Å². The molecule has 1 aliphatic heterocycles. The fourth-order valence-electron chi connectivity index (χ4n) is 3.36. The lowest BCUT2D eigenvalue weighted by molar-refractivity contribution is -0.123. The Labute approximate surface area is 127 Å². The second-order valence-electron chi connectivity index (χ2n) is 6.11. The third-order valence-corrected chi connectivity index (χ3v) is 5.23. The summed E-state index contributed by atoms with van der Waals surface area (Å²) in [7, 11) is -3.05. The fourth-order valence-corrected chi connectivity index (χ4v) is 4.35. The van der Waals surface area contributed by atoms with Crippen molar-refractivity contribution in [3.8, 4) is 0 Å². The second kappa shape index (κ2) is 7.09. The van der Waals surface area contributed by atoms with Gasteiger partial charge < -0.3 is 10.6 Å². The fraction of sp³-hybridized carbons (Fsp3) is 0.923. The molecule has 1 saturated heterocycles. The highest BCUT2D eigenvalue weighted by Crippen LogP contribution is 2.33. The van der Waals surface area contributed by atoms with Gasteiger partial charge >= 0.3 is 0 Å². The van der Waals surface area contributed by atoms with Crippen LogP contribution in [0.25, 0.3) is 0 Å². The lowest BCUT2D eigenvalue weighted by Crippen LogP contribution is -2.47. The molecule has 2 N–H and O–H groups in total. The van der Waals surface area contributed by atoms with Crippen molar-refractivity contribution in [1.82, 2.24) is 10.6 Å². The topological polar surface area (TPSA) is 75.3 Å². The van der Waals surface area contributed by atoms with Crippen LogP contribution in [0.15, 0.2) is 0 Å². The van der Waals surface area contributed by atoms with Gasteiger partial charge in [-0.25, -0.2) is 8.42 Å². The molecule has 118 valence electrons. The molecule has 20 heavy (non-hydrogen) atoms. The van der Waals surface area contributed by atoms with Crippen LogP contribution in [0.1, 0.15) is 39.0 Å². The summed E-state index contributed by atoms with van der Waals surface area (Å²) in [5, 5.41) is 6.21. The monoisotopic (exact) mass is 324 g/mol. The lowest BCUT2D eigenvalue weighted by atomic mass is 9.85. The van der Waals surface area contributed by atoms with E-state index in [1.807, 2.05) is 0 Å². The minimum absolute atomic E-state index is 0. The van der Waals surface area contributed by atoms with Crippen LogP contribution in [-0.4, -0.2) is 44.5 Å². The molecule has 5 nitrogen and oxygen atoms in total. The molecule has 1 aliphatic carbocycles. The number of hydrogen-bond acceptors (Lipinski definition) is 4. The first-order valence-corrected chi connectivity index (χ1v) is 9.15. The summed E-state index contributed by atoms with van der Waals surface area (Å²) in [6.45, 7) is 1.74. The van der Waals surface area contributed by atoms with Crippen molar-refractivity contribution in [3.63, 3.8) is 0 Å². The molecule has 0 bridgehead atoms.